The first-order chi connectivity index (χ1) is 11.4. The number of rotatable bonds is 4. The fraction of sp³-hybridized carbons (Fsp3) is 0.167. The molecule has 0 aliphatic rings. The van der Waals surface area contributed by atoms with E-state index in [0.29, 0.717) is 11.3 Å². The molecule has 0 unspecified atom stereocenters. The van der Waals surface area contributed by atoms with Crippen molar-refractivity contribution in [3.8, 4) is 5.75 Å². The molecule has 6 heteroatoms. The van der Waals surface area contributed by atoms with Gasteiger partial charge in [-0.15, -0.1) is 0 Å². The third-order valence-corrected chi connectivity index (χ3v) is 3.28. The van der Waals surface area contributed by atoms with Crippen LogP contribution in [0.2, 0.25) is 0 Å². The predicted octanol–water partition coefficient (Wildman–Crippen LogP) is 2.60. The molecule has 1 aromatic heterocycles. The van der Waals surface area contributed by atoms with Gasteiger partial charge in [-0.2, -0.15) is 5.10 Å². The number of carbonyl (C=O) groups is 1. The lowest BCUT2D eigenvalue weighted by molar-refractivity contribution is -0.117. The minimum absolute atomic E-state index is 0.0782. The minimum Gasteiger partial charge on any atom is -0.507 e. The van der Waals surface area contributed by atoms with E-state index in [-0.39, 0.29) is 17.0 Å². The van der Waals surface area contributed by atoms with Crippen molar-refractivity contribution >= 4 is 17.7 Å². The maximum Gasteiger partial charge on any atom is 0.348 e. The molecule has 1 aromatic carbocycles. The molecule has 0 bridgehead atoms. The quantitative estimate of drug-likeness (QED) is 0.513. The summed E-state index contributed by atoms with van der Waals surface area (Å²) in [7, 11) is 0. The van der Waals surface area contributed by atoms with Gasteiger partial charge in [0, 0.05) is 11.6 Å². The van der Waals surface area contributed by atoms with Gasteiger partial charge in [0.05, 0.1) is 5.71 Å². The summed E-state index contributed by atoms with van der Waals surface area (Å²) in [6, 6.07) is 10.7. The lowest BCUT2D eigenvalue weighted by Crippen LogP contribution is -2.22. The smallest absolute Gasteiger partial charge is 0.348 e. The van der Waals surface area contributed by atoms with E-state index in [1.807, 2.05) is 30.3 Å². The molecule has 1 amide bonds. The van der Waals surface area contributed by atoms with Crippen LogP contribution in [0.15, 0.2) is 56.3 Å². The average Bonchev–Trinajstić information content (AvgIpc) is 2.52. The second-order valence-electron chi connectivity index (χ2n) is 5.28. The van der Waals surface area contributed by atoms with Gasteiger partial charge in [0.2, 0.25) is 0 Å². The molecule has 0 radical (unpaired) electrons. The lowest BCUT2D eigenvalue weighted by Gasteiger charge is -2.05. The third kappa shape index (κ3) is 4.19. The molecule has 0 aliphatic carbocycles. The zero-order valence-electron chi connectivity index (χ0n) is 13.7. The molecule has 0 atom stereocenters. The largest absolute Gasteiger partial charge is 0.507 e. The molecule has 1 heterocycles. The van der Waals surface area contributed by atoms with E-state index in [1.54, 1.807) is 19.9 Å². The Labute approximate surface area is 139 Å². The summed E-state index contributed by atoms with van der Waals surface area (Å²) in [5.74, 6) is -0.357. The lowest BCUT2D eigenvalue weighted by atomic mass is 10.1. The highest BCUT2D eigenvalue weighted by Crippen LogP contribution is 2.15. The molecule has 2 aromatic rings. The Balaban J connectivity index is 2.17. The highest BCUT2D eigenvalue weighted by Gasteiger charge is 2.13. The van der Waals surface area contributed by atoms with Crippen molar-refractivity contribution in [1.29, 1.82) is 0 Å². The van der Waals surface area contributed by atoms with Gasteiger partial charge in [-0.25, -0.2) is 10.2 Å². The number of benzene rings is 1. The summed E-state index contributed by atoms with van der Waals surface area (Å²) in [4.78, 5) is 23.8. The standard InChI is InChI=1S/C18H18N2O4/c1-11(9-14-7-5-4-6-8-14)17(22)20-19-13(3)16-15(21)10-12(2)24-18(16)23/h4-10,21H,1-3H3,(H,20,22)/b11-9+,19-13+. The highest BCUT2D eigenvalue weighted by molar-refractivity contribution is 6.02. The number of nitrogens with one attached hydrogen (secondary N) is 1. The van der Waals surface area contributed by atoms with Crippen LogP contribution in [0.5, 0.6) is 5.75 Å². The Morgan fingerprint density at radius 1 is 1.25 bits per heavy atom. The molecule has 0 spiro atoms. The van der Waals surface area contributed by atoms with E-state index >= 15 is 0 Å². The SMILES string of the molecule is C/C(=C\c1ccccc1)C(=O)N/N=C(\C)c1c(O)cc(C)oc1=O. The van der Waals surface area contributed by atoms with Crippen molar-refractivity contribution in [2.45, 2.75) is 20.8 Å². The van der Waals surface area contributed by atoms with Crippen LogP contribution in [0.4, 0.5) is 0 Å². The summed E-state index contributed by atoms with van der Waals surface area (Å²) < 4.78 is 4.92. The first kappa shape index (κ1) is 17.2. The van der Waals surface area contributed by atoms with Gasteiger partial charge in [-0.3, -0.25) is 4.79 Å². The molecule has 0 saturated heterocycles. The molecule has 0 saturated carbocycles. The maximum absolute atomic E-state index is 12.1. The number of aromatic hydroxyl groups is 1. The van der Waals surface area contributed by atoms with E-state index in [4.69, 9.17) is 4.42 Å². The van der Waals surface area contributed by atoms with Gasteiger partial charge in [-0.1, -0.05) is 30.3 Å². The summed E-state index contributed by atoms with van der Waals surface area (Å²) in [5.41, 5.74) is 3.07. The van der Waals surface area contributed by atoms with Crippen LogP contribution >= 0.6 is 0 Å². The Kier molecular flexibility index (Phi) is 5.31. The molecule has 124 valence electrons. The topological polar surface area (TPSA) is 91.9 Å². The van der Waals surface area contributed by atoms with Gasteiger partial charge < -0.3 is 9.52 Å². The van der Waals surface area contributed by atoms with Crippen LogP contribution < -0.4 is 11.1 Å². The molecular weight excluding hydrogens is 308 g/mol. The molecule has 0 aliphatic heterocycles. The van der Waals surface area contributed by atoms with Crippen molar-refractivity contribution in [2.24, 2.45) is 5.10 Å². The Hall–Kier alpha value is -3.15. The fourth-order valence-corrected chi connectivity index (χ4v) is 2.07. The summed E-state index contributed by atoms with van der Waals surface area (Å²) in [5, 5.41) is 13.7. The number of hydrogen-bond donors (Lipinski definition) is 2. The third-order valence-electron chi connectivity index (χ3n) is 3.28. The van der Waals surface area contributed by atoms with E-state index in [9.17, 15) is 14.7 Å². The predicted molar refractivity (Wildman–Crippen MR) is 91.8 cm³/mol. The first-order valence-electron chi connectivity index (χ1n) is 7.30. The van der Waals surface area contributed by atoms with Crippen LogP contribution in [0.25, 0.3) is 6.08 Å². The summed E-state index contributed by atoms with van der Waals surface area (Å²) in [6.45, 7) is 4.71. The maximum atomic E-state index is 12.1. The minimum atomic E-state index is -0.709. The van der Waals surface area contributed by atoms with Gasteiger partial charge in [-0.05, 0) is 32.4 Å². The van der Waals surface area contributed by atoms with Crippen molar-refractivity contribution in [1.82, 2.24) is 5.43 Å². The highest BCUT2D eigenvalue weighted by atomic mass is 16.4. The van der Waals surface area contributed by atoms with Crippen LogP contribution in [-0.2, 0) is 4.79 Å². The number of nitrogens with zero attached hydrogens (tertiary/aromatic N) is 1. The number of aryl methyl sites for hydroxylation is 1. The van der Waals surface area contributed by atoms with Crippen LogP contribution in [0.1, 0.15) is 30.7 Å². The van der Waals surface area contributed by atoms with Crippen molar-refractivity contribution < 1.29 is 14.3 Å². The van der Waals surface area contributed by atoms with Gasteiger partial charge in [0.1, 0.15) is 17.1 Å². The fourth-order valence-electron chi connectivity index (χ4n) is 2.07. The van der Waals surface area contributed by atoms with Crippen LogP contribution in [-0.4, -0.2) is 16.7 Å². The second-order valence-corrected chi connectivity index (χ2v) is 5.28. The van der Waals surface area contributed by atoms with E-state index in [0.717, 1.165) is 5.56 Å². The molecule has 2 N–H and O–H groups in total. The van der Waals surface area contributed by atoms with Gasteiger partial charge in [0.25, 0.3) is 5.91 Å². The van der Waals surface area contributed by atoms with Crippen LogP contribution in [0.3, 0.4) is 0 Å². The molecule has 0 fully saturated rings. The number of hydrogen-bond acceptors (Lipinski definition) is 5. The van der Waals surface area contributed by atoms with E-state index in [2.05, 4.69) is 10.5 Å². The summed E-state index contributed by atoms with van der Waals surface area (Å²) in [6.07, 6.45) is 1.72. The molecule has 6 nitrogen and oxygen atoms in total. The zero-order chi connectivity index (χ0) is 17.7. The first-order valence-corrected chi connectivity index (χ1v) is 7.30. The average molecular weight is 326 g/mol. The second kappa shape index (κ2) is 7.41. The Bertz CT molecular complexity index is 864. The van der Waals surface area contributed by atoms with Gasteiger partial charge >= 0.3 is 5.63 Å². The van der Waals surface area contributed by atoms with E-state index < -0.39 is 11.5 Å². The van der Waals surface area contributed by atoms with Crippen molar-refractivity contribution in [3.63, 3.8) is 0 Å². The number of hydrazone groups is 1. The number of carbonyl (C=O) groups excluding carboxylic acids is 1. The Morgan fingerprint density at radius 2 is 1.92 bits per heavy atom. The normalized spacial score (nSPS) is 12.1. The summed E-state index contributed by atoms with van der Waals surface area (Å²) >= 11 is 0. The number of amides is 1. The van der Waals surface area contributed by atoms with E-state index in [1.165, 1.54) is 13.0 Å². The van der Waals surface area contributed by atoms with Crippen LogP contribution in [0, 0.1) is 6.92 Å². The zero-order valence-corrected chi connectivity index (χ0v) is 13.7. The van der Waals surface area contributed by atoms with Crippen molar-refractivity contribution in [3.05, 3.63) is 69.3 Å². The molecular formula is C18H18N2O4. The van der Waals surface area contributed by atoms with Crippen molar-refractivity contribution in [2.75, 3.05) is 0 Å². The van der Waals surface area contributed by atoms with Gasteiger partial charge in [0.15, 0.2) is 0 Å². The molecule has 2 rings (SSSR count). The Morgan fingerprint density at radius 3 is 2.54 bits per heavy atom. The monoisotopic (exact) mass is 326 g/mol. The molecule has 24 heavy (non-hydrogen) atoms.